The van der Waals surface area contributed by atoms with Crippen LogP contribution in [0.5, 0.6) is 0 Å². The number of nitrogens with zero attached hydrogens (tertiary/aromatic N) is 2. The van der Waals surface area contributed by atoms with E-state index in [4.69, 9.17) is 4.52 Å². The highest BCUT2D eigenvalue weighted by Gasteiger charge is 2.16. The van der Waals surface area contributed by atoms with Crippen molar-refractivity contribution in [3.63, 3.8) is 0 Å². The summed E-state index contributed by atoms with van der Waals surface area (Å²) < 4.78 is 5.35. The maximum Gasteiger partial charge on any atom is 0.251 e. The van der Waals surface area contributed by atoms with E-state index in [-0.39, 0.29) is 11.9 Å². The molecule has 23 heavy (non-hydrogen) atoms. The van der Waals surface area contributed by atoms with Gasteiger partial charge in [-0.25, -0.2) is 4.98 Å². The lowest BCUT2D eigenvalue weighted by Gasteiger charge is -2.14. The van der Waals surface area contributed by atoms with Crippen LogP contribution < -0.4 is 5.32 Å². The van der Waals surface area contributed by atoms with Gasteiger partial charge in [-0.3, -0.25) is 4.79 Å². The Morgan fingerprint density at radius 2 is 2.13 bits per heavy atom. The van der Waals surface area contributed by atoms with Crippen LogP contribution >= 0.6 is 11.3 Å². The monoisotopic (exact) mass is 329 g/mol. The maximum atomic E-state index is 12.4. The quantitative estimate of drug-likeness (QED) is 0.762. The molecular weight excluding hydrogens is 310 g/mol. The molecule has 3 rings (SSSR count). The van der Waals surface area contributed by atoms with Crippen LogP contribution in [0.1, 0.15) is 42.1 Å². The number of thiazole rings is 1. The first-order chi connectivity index (χ1) is 11.1. The predicted molar refractivity (Wildman–Crippen MR) is 91.7 cm³/mol. The average Bonchev–Trinajstić information content (AvgIpc) is 3.17. The Morgan fingerprint density at radius 1 is 1.35 bits per heavy atom. The van der Waals surface area contributed by atoms with Gasteiger partial charge in [0, 0.05) is 17.0 Å². The molecule has 0 radical (unpaired) electrons. The number of carbonyl (C=O) groups is 1. The number of aryl methyl sites for hydroxylation is 1. The van der Waals surface area contributed by atoms with Gasteiger partial charge in [-0.1, -0.05) is 19.0 Å². The molecule has 1 amide bonds. The van der Waals surface area contributed by atoms with E-state index in [0.29, 0.717) is 16.8 Å². The fourth-order valence-corrected chi connectivity index (χ4v) is 3.10. The zero-order valence-electron chi connectivity index (χ0n) is 13.4. The van der Waals surface area contributed by atoms with E-state index in [1.54, 1.807) is 23.5 Å². The lowest BCUT2D eigenvalue weighted by atomic mass is 10.1. The molecule has 2 aromatic heterocycles. The van der Waals surface area contributed by atoms with E-state index < -0.39 is 0 Å². The molecule has 0 atom stereocenters. The summed E-state index contributed by atoms with van der Waals surface area (Å²) in [6.45, 7) is 6.09. The van der Waals surface area contributed by atoms with E-state index in [0.717, 1.165) is 28.9 Å². The SMILES string of the molecule is CCC(CC)NC(=O)c1ccc2onc(-c3csc(C)n3)c2c1. The van der Waals surface area contributed by atoms with Crippen molar-refractivity contribution >= 4 is 28.2 Å². The molecule has 5 nitrogen and oxygen atoms in total. The standard InChI is InChI=1S/C17H19N3O2S/c1-4-12(5-2)19-17(21)11-6-7-15-13(8-11)16(20-22-15)14-9-23-10(3)18-14/h6-9,12H,4-5H2,1-3H3,(H,19,21). The molecular formula is C17H19N3O2S. The van der Waals surface area contributed by atoms with Crippen LogP contribution in [0, 0.1) is 6.92 Å². The van der Waals surface area contributed by atoms with Gasteiger partial charge >= 0.3 is 0 Å². The van der Waals surface area contributed by atoms with Gasteiger partial charge in [0.2, 0.25) is 0 Å². The fourth-order valence-electron chi connectivity index (χ4n) is 2.50. The summed E-state index contributed by atoms with van der Waals surface area (Å²) in [5.41, 5.74) is 2.73. The summed E-state index contributed by atoms with van der Waals surface area (Å²) in [6.07, 6.45) is 1.84. The Labute approximate surface area is 138 Å². The van der Waals surface area contributed by atoms with Crippen LogP contribution in [0.25, 0.3) is 22.4 Å². The van der Waals surface area contributed by atoms with Gasteiger partial charge in [-0.15, -0.1) is 11.3 Å². The Morgan fingerprint density at radius 3 is 2.78 bits per heavy atom. The number of benzene rings is 1. The molecule has 3 aromatic rings. The first-order valence-corrected chi connectivity index (χ1v) is 8.63. The van der Waals surface area contributed by atoms with Crippen LogP contribution in [-0.2, 0) is 0 Å². The summed E-state index contributed by atoms with van der Waals surface area (Å²) in [5.74, 6) is -0.0674. The van der Waals surface area contributed by atoms with Crippen LogP contribution in [-0.4, -0.2) is 22.1 Å². The highest BCUT2D eigenvalue weighted by Crippen LogP contribution is 2.29. The Bertz CT molecular complexity index is 833. The Balaban J connectivity index is 1.96. The molecule has 0 aliphatic carbocycles. The Hall–Kier alpha value is -2.21. The maximum absolute atomic E-state index is 12.4. The average molecular weight is 329 g/mol. The van der Waals surface area contributed by atoms with Crippen LogP contribution in [0.4, 0.5) is 0 Å². The number of nitrogens with one attached hydrogen (secondary N) is 1. The molecule has 1 N–H and O–H groups in total. The summed E-state index contributed by atoms with van der Waals surface area (Å²) in [5, 5.41) is 10.9. The first kappa shape index (κ1) is 15.7. The van der Waals surface area contributed by atoms with E-state index in [9.17, 15) is 4.79 Å². The second kappa shape index (κ2) is 6.50. The van der Waals surface area contributed by atoms with E-state index in [2.05, 4.69) is 29.3 Å². The van der Waals surface area contributed by atoms with Crippen molar-refractivity contribution in [2.75, 3.05) is 0 Å². The van der Waals surface area contributed by atoms with Crippen molar-refractivity contribution in [3.8, 4) is 11.4 Å². The molecule has 2 heterocycles. The van der Waals surface area contributed by atoms with Gasteiger partial charge in [0.05, 0.1) is 10.4 Å². The fraction of sp³-hybridized carbons (Fsp3) is 0.353. The van der Waals surface area contributed by atoms with Crippen molar-refractivity contribution in [3.05, 3.63) is 34.2 Å². The molecule has 0 unspecified atom stereocenters. The molecule has 0 fully saturated rings. The Kier molecular flexibility index (Phi) is 4.43. The highest BCUT2D eigenvalue weighted by molar-refractivity contribution is 7.09. The van der Waals surface area contributed by atoms with E-state index in [1.807, 2.05) is 18.4 Å². The molecule has 0 aliphatic heterocycles. The number of fused-ring (bicyclic) bond motifs is 1. The highest BCUT2D eigenvalue weighted by atomic mass is 32.1. The number of carbonyl (C=O) groups excluding carboxylic acids is 1. The van der Waals surface area contributed by atoms with Gasteiger partial charge in [0.15, 0.2) is 5.58 Å². The lowest BCUT2D eigenvalue weighted by Crippen LogP contribution is -2.33. The molecule has 0 aliphatic rings. The van der Waals surface area contributed by atoms with Crippen molar-refractivity contribution in [2.24, 2.45) is 0 Å². The number of hydrogen-bond acceptors (Lipinski definition) is 5. The van der Waals surface area contributed by atoms with E-state index >= 15 is 0 Å². The molecule has 0 spiro atoms. The first-order valence-electron chi connectivity index (χ1n) is 7.75. The smallest absolute Gasteiger partial charge is 0.251 e. The minimum absolute atomic E-state index is 0.0674. The summed E-state index contributed by atoms with van der Waals surface area (Å²) >= 11 is 1.56. The second-order valence-corrected chi connectivity index (χ2v) is 6.54. The second-order valence-electron chi connectivity index (χ2n) is 5.48. The van der Waals surface area contributed by atoms with Crippen LogP contribution in [0.15, 0.2) is 28.1 Å². The van der Waals surface area contributed by atoms with Crippen molar-refractivity contribution in [2.45, 2.75) is 39.7 Å². The number of rotatable bonds is 5. The summed E-state index contributed by atoms with van der Waals surface area (Å²) in [7, 11) is 0. The third-order valence-corrected chi connectivity index (χ3v) is 4.69. The molecule has 0 saturated heterocycles. The van der Waals surface area contributed by atoms with Crippen molar-refractivity contribution in [1.82, 2.24) is 15.5 Å². The van der Waals surface area contributed by atoms with Gasteiger partial charge in [-0.05, 0) is 38.0 Å². The molecule has 0 saturated carbocycles. The zero-order valence-corrected chi connectivity index (χ0v) is 14.2. The van der Waals surface area contributed by atoms with Gasteiger partial charge < -0.3 is 9.84 Å². The number of aromatic nitrogens is 2. The largest absolute Gasteiger partial charge is 0.356 e. The molecule has 0 bridgehead atoms. The van der Waals surface area contributed by atoms with Crippen LogP contribution in [0.3, 0.4) is 0 Å². The normalized spacial score (nSPS) is 11.3. The minimum Gasteiger partial charge on any atom is -0.356 e. The minimum atomic E-state index is -0.0674. The summed E-state index contributed by atoms with van der Waals surface area (Å²) in [6, 6.07) is 5.57. The third-order valence-electron chi connectivity index (χ3n) is 3.91. The lowest BCUT2D eigenvalue weighted by molar-refractivity contribution is 0.0935. The third kappa shape index (κ3) is 3.12. The predicted octanol–water partition coefficient (Wildman–Crippen LogP) is 4.18. The summed E-state index contributed by atoms with van der Waals surface area (Å²) in [4.78, 5) is 16.9. The van der Waals surface area contributed by atoms with Crippen molar-refractivity contribution < 1.29 is 9.32 Å². The van der Waals surface area contributed by atoms with Crippen LogP contribution in [0.2, 0.25) is 0 Å². The molecule has 1 aromatic carbocycles. The van der Waals surface area contributed by atoms with Gasteiger partial charge in [0.1, 0.15) is 11.4 Å². The van der Waals surface area contributed by atoms with Gasteiger partial charge in [-0.2, -0.15) is 0 Å². The van der Waals surface area contributed by atoms with E-state index in [1.165, 1.54) is 0 Å². The topological polar surface area (TPSA) is 68.0 Å². The zero-order chi connectivity index (χ0) is 16.4. The van der Waals surface area contributed by atoms with Gasteiger partial charge in [0.25, 0.3) is 5.91 Å². The molecule has 6 heteroatoms. The number of amides is 1. The number of hydrogen-bond donors (Lipinski definition) is 1. The van der Waals surface area contributed by atoms with Crippen molar-refractivity contribution in [1.29, 1.82) is 0 Å². The molecule has 120 valence electrons.